The zero-order valence-electron chi connectivity index (χ0n) is 13.0. The average molecular weight is 316 g/mol. The maximum Gasteiger partial charge on any atom is 0.243 e. The van der Waals surface area contributed by atoms with E-state index in [0.717, 1.165) is 26.1 Å². The number of hydrogen-bond acceptors (Lipinski definition) is 3. The van der Waals surface area contributed by atoms with Crippen molar-refractivity contribution >= 4 is 10.0 Å². The van der Waals surface area contributed by atoms with Gasteiger partial charge in [-0.2, -0.15) is 4.31 Å². The van der Waals surface area contributed by atoms with Crippen molar-refractivity contribution in [3.8, 4) is 0 Å². The summed E-state index contributed by atoms with van der Waals surface area (Å²) in [5.41, 5.74) is 0. The molecule has 0 bridgehead atoms. The van der Waals surface area contributed by atoms with Crippen LogP contribution in [0, 0.1) is 5.82 Å². The topological polar surface area (TPSA) is 40.6 Å². The highest BCUT2D eigenvalue weighted by molar-refractivity contribution is 7.89. The predicted octanol–water partition coefficient (Wildman–Crippen LogP) is 2.57. The molecule has 4 nitrogen and oxygen atoms in total. The van der Waals surface area contributed by atoms with Gasteiger partial charge in [-0.3, -0.25) is 0 Å². The number of benzene rings is 1. The van der Waals surface area contributed by atoms with Gasteiger partial charge in [0.15, 0.2) is 0 Å². The van der Waals surface area contributed by atoms with E-state index in [1.54, 1.807) is 0 Å². The minimum atomic E-state index is -3.53. The van der Waals surface area contributed by atoms with E-state index in [4.69, 9.17) is 0 Å². The molecule has 1 aromatic carbocycles. The second kappa shape index (κ2) is 8.46. The Labute approximate surface area is 127 Å². The van der Waals surface area contributed by atoms with Gasteiger partial charge in [0.2, 0.25) is 10.0 Å². The molecule has 0 unspecified atom stereocenters. The molecule has 0 aliphatic carbocycles. The highest BCUT2D eigenvalue weighted by Gasteiger charge is 2.22. The SMILES string of the molecule is CCN(CC)CCCN(CC)S(=O)(=O)c1ccc(F)cc1. The van der Waals surface area contributed by atoms with Crippen LogP contribution in [-0.4, -0.2) is 50.3 Å². The molecule has 0 aliphatic heterocycles. The van der Waals surface area contributed by atoms with Gasteiger partial charge in [0.25, 0.3) is 0 Å². The molecule has 0 amide bonds. The third kappa shape index (κ3) is 5.05. The zero-order chi connectivity index (χ0) is 15.9. The number of sulfonamides is 1. The molecule has 0 heterocycles. The van der Waals surface area contributed by atoms with Gasteiger partial charge in [0.1, 0.15) is 5.82 Å². The van der Waals surface area contributed by atoms with Crippen LogP contribution >= 0.6 is 0 Å². The third-order valence-corrected chi connectivity index (χ3v) is 5.57. The van der Waals surface area contributed by atoms with Crippen LogP contribution in [0.2, 0.25) is 0 Å². The molecule has 21 heavy (non-hydrogen) atoms. The van der Waals surface area contributed by atoms with Crippen molar-refractivity contribution in [1.82, 2.24) is 9.21 Å². The Morgan fingerprint density at radius 2 is 1.52 bits per heavy atom. The Morgan fingerprint density at radius 3 is 2.00 bits per heavy atom. The van der Waals surface area contributed by atoms with Gasteiger partial charge < -0.3 is 4.90 Å². The summed E-state index contributed by atoms with van der Waals surface area (Å²) in [5, 5.41) is 0. The molecule has 0 radical (unpaired) electrons. The zero-order valence-corrected chi connectivity index (χ0v) is 13.9. The van der Waals surface area contributed by atoms with Crippen molar-refractivity contribution in [2.45, 2.75) is 32.1 Å². The van der Waals surface area contributed by atoms with Crippen LogP contribution in [-0.2, 0) is 10.0 Å². The first-order valence-corrected chi connectivity index (χ1v) is 8.87. The summed E-state index contributed by atoms with van der Waals surface area (Å²) in [6.45, 7) is 9.71. The monoisotopic (exact) mass is 316 g/mol. The third-order valence-electron chi connectivity index (χ3n) is 3.58. The highest BCUT2D eigenvalue weighted by atomic mass is 32.2. The fourth-order valence-electron chi connectivity index (χ4n) is 2.21. The first-order valence-electron chi connectivity index (χ1n) is 7.43. The molecule has 0 aromatic heterocycles. The molecule has 0 saturated carbocycles. The highest BCUT2D eigenvalue weighted by Crippen LogP contribution is 2.16. The normalized spacial score (nSPS) is 12.3. The van der Waals surface area contributed by atoms with Crippen molar-refractivity contribution < 1.29 is 12.8 Å². The lowest BCUT2D eigenvalue weighted by atomic mass is 10.3. The lowest BCUT2D eigenvalue weighted by Crippen LogP contribution is -2.34. The van der Waals surface area contributed by atoms with E-state index in [1.165, 1.54) is 28.6 Å². The molecule has 6 heteroatoms. The quantitative estimate of drug-likeness (QED) is 0.703. The van der Waals surface area contributed by atoms with Crippen LogP contribution in [0.1, 0.15) is 27.2 Å². The average Bonchev–Trinajstić information content (AvgIpc) is 2.48. The minimum absolute atomic E-state index is 0.147. The number of hydrogen-bond donors (Lipinski definition) is 0. The number of halogens is 1. The van der Waals surface area contributed by atoms with E-state index < -0.39 is 15.8 Å². The van der Waals surface area contributed by atoms with Gasteiger partial charge in [-0.05, 0) is 50.3 Å². The maximum atomic E-state index is 12.9. The van der Waals surface area contributed by atoms with Crippen molar-refractivity contribution in [1.29, 1.82) is 0 Å². The van der Waals surface area contributed by atoms with Gasteiger partial charge in [-0.1, -0.05) is 20.8 Å². The molecule has 0 N–H and O–H groups in total. The van der Waals surface area contributed by atoms with Crippen molar-refractivity contribution in [3.05, 3.63) is 30.1 Å². The Balaban J connectivity index is 2.72. The first kappa shape index (κ1) is 18.1. The van der Waals surface area contributed by atoms with Crippen molar-refractivity contribution in [2.24, 2.45) is 0 Å². The fourth-order valence-corrected chi connectivity index (χ4v) is 3.70. The second-order valence-corrected chi connectivity index (χ2v) is 6.77. The van der Waals surface area contributed by atoms with Crippen LogP contribution in [0.4, 0.5) is 4.39 Å². The summed E-state index contributed by atoms with van der Waals surface area (Å²) in [7, 11) is -3.53. The first-order chi connectivity index (χ1) is 9.95. The molecule has 1 rings (SSSR count). The second-order valence-electron chi connectivity index (χ2n) is 4.83. The maximum absolute atomic E-state index is 12.9. The van der Waals surface area contributed by atoms with Gasteiger partial charge in [0.05, 0.1) is 4.90 Å². The standard InChI is InChI=1S/C15H25FN2O2S/c1-4-17(5-2)12-7-13-18(6-3)21(19,20)15-10-8-14(16)9-11-15/h8-11H,4-7,12-13H2,1-3H3. The Kier molecular flexibility index (Phi) is 7.28. The smallest absolute Gasteiger partial charge is 0.243 e. The Morgan fingerprint density at radius 1 is 0.952 bits per heavy atom. The minimum Gasteiger partial charge on any atom is -0.304 e. The van der Waals surface area contributed by atoms with E-state index in [-0.39, 0.29) is 4.90 Å². The van der Waals surface area contributed by atoms with Crippen molar-refractivity contribution in [2.75, 3.05) is 32.7 Å². The van der Waals surface area contributed by atoms with E-state index in [2.05, 4.69) is 18.7 Å². The lowest BCUT2D eigenvalue weighted by molar-refractivity contribution is 0.285. The summed E-state index contributed by atoms with van der Waals surface area (Å²) in [6, 6.07) is 4.99. The van der Waals surface area contributed by atoms with Crippen LogP contribution in [0.25, 0.3) is 0 Å². The lowest BCUT2D eigenvalue weighted by Gasteiger charge is -2.23. The van der Waals surface area contributed by atoms with Crippen LogP contribution in [0.5, 0.6) is 0 Å². The summed E-state index contributed by atoms with van der Waals surface area (Å²) in [6.07, 6.45) is 0.788. The van der Waals surface area contributed by atoms with E-state index in [1.807, 2.05) is 6.92 Å². The summed E-state index contributed by atoms with van der Waals surface area (Å²) >= 11 is 0. The Hall–Kier alpha value is -0.980. The summed E-state index contributed by atoms with van der Waals surface area (Å²) < 4.78 is 39.3. The van der Waals surface area contributed by atoms with E-state index in [0.29, 0.717) is 13.1 Å². The predicted molar refractivity (Wildman–Crippen MR) is 83.2 cm³/mol. The molecule has 0 aliphatic rings. The largest absolute Gasteiger partial charge is 0.304 e. The fraction of sp³-hybridized carbons (Fsp3) is 0.600. The van der Waals surface area contributed by atoms with Crippen molar-refractivity contribution in [3.63, 3.8) is 0 Å². The molecule has 0 saturated heterocycles. The van der Waals surface area contributed by atoms with Crippen LogP contribution < -0.4 is 0 Å². The number of rotatable bonds is 9. The van der Waals surface area contributed by atoms with E-state index in [9.17, 15) is 12.8 Å². The van der Waals surface area contributed by atoms with Crippen LogP contribution in [0.3, 0.4) is 0 Å². The molecule has 0 spiro atoms. The molecule has 120 valence electrons. The van der Waals surface area contributed by atoms with Gasteiger partial charge in [-0.15, -0.1) is 0 Å². The molecule has 0 atom stereocenters. The molecule has 0 fully saturated rings. The molecule has 1 aromatic rings. The van der Waals surface area contributed by atoms with E-state index >= 15 is 0 Å². The summed E-state index contributed by atoms with van der Waals surface area (Å²) in [4.78, 5) is 2.41. The number of nitrogens with zero attached hydrogens (tertiary/aromatic N) is 2. The van der Waals surface area contributed by atoms with Gasteiger partial charge >= 0.3 is 0 Å². The summed E-state index contributed by atoms with van der Waals surface area (Å²) in [5.74, 6) is -0.432. The van der Waals surface area contributed by atoms with Crippen LogP contribution in [0.15, 0.2) is 29.2 Å². The van der Waals surface area contributed by atoms with Gasteiger partial charge in [-0.25, -0.2) is 12.8 Å². The Bertz CT molecular complexity index is 513. The van der Waals surface area contributed by atoms with Gasteiger partial charge in [0, 0.05) is 13.1 Å². The molecular formula is C15H25FN2O2S. The molecular weight excluding hydrogens is 291 g/mol.